The van der Waals surface area contributed by atoms with E-state index >= 15 is 0 Å². The molecule has 1 rings (SSSR count). The summed E-state index contributed by atoms with van der Waals surface area (Å²) in [5.41, 5.74) is -1.02. The Labute approximate surface area is 98.7 Å². The van der Waals surface area contributed by atoms with E-state index in [0.29, 0.717) is 6.42 Å². The maximum atomic E-state index is 11.9. The number of aliphatic hydroxyl groups is 1. The summed E-state index contributed by atoms with van der Waals surface area (Å²) in [6.07, 6.45) is 1.55. The number of rotatable bonds is 4. The Kier molecular flexibility index (Phi) is 3.72. The number of hydrogen-bond acceptors (Lipinski definition) is 3. The van der Waals surface area contributed by atoms with E-state index < -0.39 is 15.6 Å². The number of hydrogen-bond donors (Lipinski definition) is 1. The molecule has 0 atom stereocenters. The van der Waals surface area contributed by atoms with Crippen molar-refractivity contribution < 1.29 is 13.5 Å². The molecule has 0 spiro atoms. The average Bonchev–Trinajstić information content (AvgIpc) is 1.95. The predicted octanol–water partition coefficient (Wildman–Crippen LogP) is 1.21. The second-order valence-electron chi connectivity index (χ2n) is 6.06. The van der Waals surface area contributed by atoms with Crippen LogP contribution in [0.3, 0.4) is 0 Å². The average molecular weight is 249 g/mol. The standard InChI is InChI=1S/C11H23NO3S/c1-5-6-11(13)7-12(8-11)16(14,15)9-10(2,3)4/h13H,5-9H2,1-4H3. The Morgan fingerprint density at radius 1 is 1.31 bits per heavy atom. The molecule has 16 heavy (non-hydrogen) atoms. The zero-order valence-corrected chi connectivity index (χ0v) is 11.5. The Hall–Kier alpha value is -0.130. The van der Waals surface area contributed by atoms with Crippen LogP contribution in [0, 0.1) is 5.41 Å². The number of β-amino-alcohol motifs (C(OH)–C–C–N with tert-alkyl or cyclic N) is 1. The zero-order valence-electron chi connectivity index (χ0n) is 10.7. The Morgan fingerprint density at radius 2 is 1.81 bits per heavy atom. The summed E-state index contributed by atoms with van der Waals surface area (Å²) in [5.74, 6) is 0.141. The van der Waals surface area contributed by atoms with Gasteiger partial charge in [-0.05, 0) is 11.8 Å². The molecule has 96 valence electrons. The molecule has 1 aliphatic heterocycles. The van der Waals surface area contributed by atoms with Crippen molar-refractivity contribution in [3.05, 3.63) is 0 Å². The van der Waals surface area contributed by atoms with Crippen molar-refractivity contribution in [2.75, 3.05) is 18.8 Å². The van der Waals surface area contributed by atoms with Crippen LogP contribution in [0.1, 0.15) is 40.5 Å². The van der Waals surface area contributed by atoms with Gasteiger partial charge in [0.05, 0.1) is 11.4 Å². The van der Waals surface area contributed by atoms with Gasteiger partial charge in [0.1, 0.15) is 0 Å². The first-order chi connectivity index (χ1) is 7.08. The van der Waals surface area contributed by atoms with Gasteiger partial charge in [0.2, 0.25) is 10.0 Å². The maximum Gasteiger partial charge on any atom is 0.214 e. The molecular weight excluding hydrogens is 226 g/mol. The van der Waals surface area contributed by atoms with Crippen LogP contribution in [0.5, 0.6) is 0 Å². The molecule has 0 aromatic carbocycles. The van der Waals surface area contributed by atoms with Gasteiger partial charge in [0.15, 0.2) is 0 Å². The van der Waals surface area contributed by atoms with Crippen molar-refractivity contribution >= 4 is 10.0 Å². The van der Waals surface area contributed by atoms with Gasteiger partial charge in [-0.15, -0.1) is 0 Å². The highest BCUT2D eigenvalue weighted by atomic mass is 32.2. The van der Waals surface area contributed by atoms with E-state index in [2.05, 4.69) is 0 Å². The third-order valence-electron chi connectivity index (χ3n) is 2.67. The fourth-order valence-electron chi connectivity index (χ4n) is 2.07. The van der Waals surface area contributed by atoms with Gasteiger partial charge in [-0.25, -0.2) is 8.42 Å². The number of sulfonamides is 1. The van der Waals surface area contributed by atoms with Gasteiger partial charge >= 0.3 is 0 Å². The van der Waals surface area contributed by atoms with Crippen LogP contribution in [-0.4, -0.2) is 42.3 Å². The highest BCUT2D eigenvalue weighted by Gasteiger charge is 2.46. The van der Waals surface area contributed by atoms with Gasteiger partial charge in [0.25, 0.3) is 0 Å². The van der Waals surface area contributed by atoms with Crippen LogP contribution >= 0.6 is 0 Å². The minimum atomic E-state index is -3.20. The summed E-state index contributed by atoms with van der Waals surface area (Å²) < 4.78 is 25.3. The zero-order chi connectivity index (χ0) is 12.6. The van der Waals surface area contributed by atoms with Crippen LogP contribution in [0.25, 0.3) is 0 Å². The summed E-state index contributed by atoms with van der Waals surface area (Å²) in [6, 6.07) is 0. The van der Waals surface area contributed by atoms with Gasteiger partial charge in [-0.3, -0.25) is 0 Å². The third kappa shape index (κ3) is 3.43. The van der Waals surface area contributed by atoms with E-state index in [1.54, 1.807) is 0 Å². The van der Waals surface area contributed by atoms with Gasteiger partial charge < -0.3 is 5.11 Å². The first-order valence-electron chi connectivity index (χ1n) is 5.78. The lowest BCUT2D eigenvalue weighted by Crippen LogP contribution is -2.64. The molecule has 0 unspecified atom stereocenters. The molecule has 0 aliphatic carbocycles. The molecule has 1 saturated heterocycles. The molecule has 1 heterocycles. The van der Waals surface area contributed by atoms with Gasteiger partial charge in [-0.1, -0.05) is 34.1 Å². The van der Waals surface area contributed by atoms with Crippen molar-refractivity contribution in [3.63, 3.8) is 0 Å². The monoisotopic (exact) mass is 249 g/mol. The second-order valence-corrected chi connectivity index (χ2v) is 8.03. The smallest absolute Gasteiger partial charge is 0.214 e. The molecule has 0 aromatic heterocycles. The predicted molar refractivity (Wildman–Crippen MR) is 64.7 cm³/mol. The van der Waals surface area contributed by atoms with E-state index in [1.165, 1.54) is 4.31 Å². The largest absolute Gasteiger partial charge is 0.387 e. The van der Waals surface area contributed by atoms with Gasteiger partial charge in [-0.2, -0.15) is 4.31 Å². The fraction of sp³-hybridized carbons (Fsp3) is 1.00. The second kappa shape index (κ2) is 4.27. The van der Waals surface area contributed by atoms with Crippen LogP contribution in [0.15, 0.2) is 0 Å². The Balaban J connectivity index is 2.57. The van der Waals surface area contributed by atoms with Crippen LogP contribution in [0.4, 0.5) is 0 Å². The molecule has 0 saturated carbocycles. The lowest BCUT2D eigenvalue weighted by atomic mass is 9.92. The highest BCUT2D eigenvalue weighted by molar-refractivity contribution is 7.89. The molecule has 1 fully saturated rings. The van der Waals surface area contributed by atoms with Crippen molar-refractivity contribution in [2.24, 2.45) is 5.41 Å². The summed E-state index contributed by atoms with van der Waals surface area (Å²) in [7, 11) is -3.20. The van der Waals surface area contributed by atoms with E-state index in [4.69, 9.17) is 0 Å². The SMILES string of the molecule is CCCC1(O)CN(S(=O)(=O)CC(C)(C)C)C1. The van der Waals surface area contributed by atoms with Gasteiger partial charge in [0, 0.05) is 13.1 Å². The lowest BCUT2D eigenvalue weighted by molar-refractivity contribution is -0.0655. The molecule has 1 aliphatic rings. The topological polar surface area (TPSA) is 57.6 Å². The lowest BCUT2D eigenvalue weighted by Gasteiger charge is -2.46. The highest BCUT2D eigenvalue weighted by Crippen LogP contribution is 2.30. The quantitative estimate of drug-likeness (QED) is 0.814. The Bertz CT molecular complexity index is 337. The molecule has 0 aromatic rings. The van der Waals surface area contributed by atoms with E-state index in [1.807, 2.05) is 27.7 Å². The first kappa shape index (κ1) is 13.9. The molecule has 1 N–H and O–H groups in total. The van der Waals surface area contributed by atoms with E-state index in [9.17, 15) is 13.5 Å². The number of nitrogens with zero attached hydrogens (tertiary/aromatic N) is 1. The summed E-state index contributed by atoms with van der Waals surface area (Å²) in [4.78, 5) is 0. The van der Waals surface area contributed by atoms with E-state index in [-0.39, 0.29) is 24.3 Å². The van der Waals surface area contributed by atoms with E-state index in [0.717, 1.165) is 6.42 Å². The first-order valence-corrected chi connectivity index (χ1v) is 7.39. The van der Waals surface area contributed by atoms with Crippen LogP contribution in [0.2, 0.25) is 0 Å². The van der Waals surface area contributed by atoms with Crippen LogP contribution in [-0.2, 0) is 10.0 Å². The van der Waals surface area contributed by atoms with Crippen LogP contribution < -0.4 is 0 Å². The molecular formula is C11H23NO3S. The van der Waals surface area contributed by atoms with Crippen molar-refractivity contribution in [1.82, 2.24) is 4.31 Å². The molecule has 0 amide bonds. The third-order valence-corrected chi connectivity index (χ3v) is 4.94. The van der Waals surface area contributed by atoms with Crippen molar-refractivity contribution in [3.8, 4) is 0 Å². The van der Waals surface area contributed by atoms with Crippen molar-refractivity contribution in [1.29, 1.82) is 0 Å². The summed E-state index contributed by atoms with van der Waals surface area (Å²) in [6.45, 7) is 8.23. The fourth-order valence-corrected chi connectivity index (χ4v) is 4.22. The summed E-state index contributed by atoms with van der Waals surface area (Å²) >= 11 is 0. The maximum absolute atomic E-state index is 11.9. The minimum Gasteiger partial charge on any atom is -0.387 e. The molecule has 4 nitrogen and oxygen atoms in total. The summed E-state index contributed by atoms with van der Waals surface area (Å²) in [5, 5.41) is 9.94. The Morgan fingerprint density at radius 3 is 2.19 bits per heavy atom. The normalized spacial score (nSPS) is 21.8. The molecule has 0 radical (unpaired) electrons. The van der Waals surface area contributed by atoms with Crippen molar-refractivity contribution in [2.45, 2.75) is 46.1 Å². The molecule has 5 heteroatoms. The molecule has 0 bridgehead atoms. The minimum absolute atomic E-state index is 0.141.